The number of hydrogen-bond donors (Lipinski definition) is 1. The van der Waals surface area contributed by atoms with Gasteiger partial charge in [-0.15, -0.1) is 0 Å². The Morgan fingerprint density at radius 2 is 1.71 bits per heavy atom. The molecule has 2 aromatic carbocycles. The SMILES string of the molecule is Cc1ccc(C(=O)NCCOc2cccc(C)c2C)cc1S(=O)(=O)N1CCCCCC1. The molecular formula is C24H32N2O4S. The molecule has 0 radical (unpaired) electrons. The number of carbonyl (C=O) groups is 1. The first-order chi connectivity index (χ1) is 14.8. The van der Waals surface area contributed by atoms with Gasteiger partial charge in [-0.05, 0) is 68.5 Å². The molecule has 0 aromatic heterocycles. The second kappa shape index (κ2) is 10.3. The topological polar surface area (TPSA) is 75.7 Å². The first-order valence-electron chi connectivity index (χ1n) is 10.9. The van der Waals surface area contributed by atoms with Gasteiger partial charge in [0.25, 0.3) is 5.91 Å². The number of hydrogen-bond acceptors (Lipinski definition) is 4. The van der Waals surface area contributed by atoms with Crippen molar-refractivity contribution in [3.63, 3.8) is 0 Å². The Balaban J connectivity index is 1.65. The molecule has 3 rings (SSSR count). The van der Waals surface area contributed by atoms with Gasteiger partial charge in [0.2, 0.25) is 10.0 Å². The first kappa shape index (κ1) is 23.3. The number of nitrogens with zero attached hydrogens (tertiary/aromatic N) is 1. The van der Waals surface area contributed by atoms with E-state index in [-0.39, 0.29) is 10.8 Å². The molecule has 0 saturated carbocycles. The van der Waals surface area contributed by atoms with Gasteiger partial charge in [0.05, 0.1) is 11.4 Å². The minimum Gasteiger partial charge on any atom is -0.491 e. The van der Waals surface area contributed by atoms with Crippen LogP contribution in [-0.2, 0) is 10.0 Å². The molecule has 7 heteroatoms. The standard InChI is InChI=1S/C24H32N2O4S/c1-18-9-8-10-22(20(18)3)30-16-13-25-24(27)21-12-11-19(2)23(17-21)31(28,29)26-14-6-4-5-7-15-26/h8-12,17H,4-7,13-16H2,1-3H3,(H,25,27). The fourth-order valence-corrected chi connectivity index (χ4v) is 5.52. The van der Waals surface area contributed by atoms with Crippen molar-refractivity contribution in [3.05, 3.63) is 58.7 Å². The zero-order valence-corrected chi connectivity index (χ0v) is 19.4. The zero-order valence-electron chi connectivity index (χ0n) is 18.6. The van der Waals surface area contributed by atoms with Crippen LogP contribution in [0.2, 0.25) is 0 Å². The Hall–Kier alpha value is -2.38. The van der Waals surface area contributed by atoms with Crippen LogP contribution in [0.25, 0.3) is 0 Å². The Labute approximate surface area is 185 Å². The van der Waals surface area contributed by atoms with Crippen molar-refractivity contribution >= 4 is 15.9 Å². The van der Waals surface area contributed by atoms with Crippen LogP contribution in [0.4, 0.5) is 0 Å². The minimum atomic E-state index is -3.61. The number of aryl methyl sites for hydroxylation is 2. The van der Waals surface area contributed by atoms with E-state index in [0.29, 0.717) is 37.4 Å². The molecule has 1 fully saturated rings. The van der Waals surface area contributed by atoms with E-state index in [4.69, 9.17) is 4.74 Å². The summed E-state index contributed by atoms with van der Waals surface area (Å²) in [4.78, 5) is 12.8. The van der Waals surface area contributed by atoms with E-state index in [1.165, 1.54) is 6.07 Å². The van der Waals surface area contributed by atoms with Gasteiger partial charge < -0.3 is 10.1 Å². The van der Waals surface area contributed by atoms with Gasteiger partial charge in [0.1, 0.15) is 12.4 Å². The second-order valence-corrected chi connectivity index (χ2v) is 10.0. The summed E-state index contributed by atoms with van der Waals surface area (Å²) in [6.07, 6.45) is 3.85. The van der Waals surface area contributed by atoms with E-state index in [2.05, 4.69) is 5.32 Å². The highest BCUT2D eigenvalue weighted by Crippen LogP contribution is 2.24. The molecule has 0 atom stereocenters. The lowest BCUT2D eigenvalue weighted by Gasteiger charge is -2.21. The van der Waals surface area contributed by atoms with Crippen LogP contribution in [0.5, 0.6) is 5.75 Å². The maximum absolute atomic E-state index is 13.2. The van der Waals surface area contributed by atoms with Gasteiger partial charge in [0, 0.05) is 18.7 Å². The van der Waals surface area contributed by atoms with E-state index >= 15 is 0 Å². The normalized spacial score (nSPS) is 15.3. The zero-order chi connectivity index (χ0) is 22.4. The van der Waals surface area contributed by atoms with Crippen LogP contribution in [0.15, 0.2) is 41.3 Å². The molecule has 0 aliphatic carbocycles. The number of carbonyl (C=O) groups excluding carboxylic acids is 1. The summed E-state index contributed by atoms with van der Waals surface area (Å²) in [6.45, 7) is 7.53. The van der Waals surface area contributed by atoms with Gasteiger partial charge in [0.15, 0.2) is 0 Å². The number of benzene rings is 2. The second-order valence-electron chi connectivity index (χ2n) is 8.10. The molecule has 1 amide bonds. The van der Waals surface area contributed by atoms with Gasteiger partial charge in [-0.1, -0.05) is 31.0 Å². The van der Waals surface area contributed by atoms with Crippen LogP contribution < -0.4 is 10.1 Å². The smallest absolute Gasteiger partial charge is 0.251 e. The Kier molecular flexibility index (Phi) is 7.73. The van der Waals surface area contributed by atoms with Crippen molar-refractivity contribution in [1.29, 1.82) is 0 Å². The quantitative estimate of drug-likeness (QED) is 0.656. The fourth-order valence-electron chi connectivity index (χ4n) is 3.75. The van der Waals surface area contributed by atoms with Crippen molar-refractivity contribution in [2.75, 3.05) is 26.2 Å². The number of sulfonamides is 1. The maximum Gasteiger partial charge on any atom is 0.251 e. The van der Waals surface area contributed by atoms with Crippen molar-refractivity contribution in [3.8, 4) is 5.75 Å². The molecule has 2 aromatic rings. The van der Waals surface area contributed by atoms with Crippen molar-refractivity contribution in [1.82, 2.24) is 9.62 Å². The van der Waals surface area contributed by atoms with E-state index < -0.39 is 10.0 Å². The Morgan fingerprint density at radius 3 is 2.42 bits per heavy atom. The summed E-state index contributed by atoms with van der Waals surface area (Å²) in [7, 11) is -3.61. The Morgan fingerprint density at radius 1 is 1.00 bits per heavy atom. The van der Waals surface area contributed by atoms with Crippen molar-refractivity contribution < 1.29 is 17.9 Å². The molecule has 1 heterocycles. The number of rotatable bonds is 7. The van der Waals surface area contributed by atoms with E-state index in [0.717, 1.165) is 42.6 Å². The summed E-state index contributed by atoms with van der Waals surface area (Å²) >= 11 is 0. The molecule has 1 aliphatic rings. The van der Waals surface area contributed by atoms with Crippen LogP contribution in [0.3, 0.4) is 0 Å². The van der Waals surface area contributed by atoms with Crippen molar-refractivity contribution in [2.24, 2.45) is 0 Å². The van der Waals surface area contributed by atoms with Gasteiger partial charge >= 0.3 is 0 Å². The molecule has 1 saturated heterocycles. The molecule has 31 heavy (non-hydrogen) atoms. The molecule has 0 spiro atoms. The summed E-state index contributed by atoms with van der Waals surface area (Å²) < 4.78 is 33.7. The molecule has 0 unspecified atom stereocenters. The maximum atomic E-state index is 13.2. The van der Waals surface area contributed by atoms with Gasteiger partial charge in [-0.25, -0.2) is 8.42 Å². The third-order valence-electron chi connectivity index (χ3n) is 5.83. The first-order valence-corrected chi connectivity index (χ1v) is 12.3. The average molecular weight is 445 g/mol. The lowest BCUT2D eigenvalue weighted by atomic mass is 10.1. The van der Waals surface area contributed by atoms with Gasteiger partial charge in [-0.2, -0.15) is 4.31 Å². The van der Waals surface area contributed by atoms with Crippen LogP contribution in [-0.4, -0.2) is 44.9 Å². The predicted molar refractivity (Wildman–Crippen MR) is 122 cm³/mol. The number of nitrogens with one attached hydrogen (secondary N) is 1. The molecule has 0 bridgehead atoms. The molecule has 1 aliphatic heterocycles. The highest BCUT2D eigenvalue weighted by atomic mass is 32.2. The lowest BCUT2D eigenvalue weighted by Crippen LogP contribution is -2.33. The van der Waals surface area contributed by atoms with E-state index in [1.807, 2.05) is 32.0 Å². The predicted octanol–water partition coefficient (Wildman–Crippen LogP) is 3.99. The average Bonchev–Trinajstić information content (AvgIpc) is 3.04. The summed E-state index contributed by atoms with van der Waals surface area (Å²) in [5, 5.41) is 2.82. The summed E-state index contributed by atoms with van der Waals surface area (Å²) in [6, 6.07) is 10.7. The van der Waals surface area contributed by atoms with Crippen LogP contribution in [0.1, 0.15) is 52.7 Å². The van der Waals surface area contributed by atoms with Crippen LogP contribution >= 0.6 is 0 Å². The monoisotopic (exact) mass is 444 g/mol. The highest BCUT2D eigenvalue weighted by Gasteiger charge is 2.27. The lowest BCUT2D eigenvalue weighted by molar-refractivity contribution is 0.0946. The number of amides is 1. The number of ether oxygens (including phenoxy) is 1. The molecule has 168 valence electrons. The van der Waals surface area contributed by atoms with Crippen molar-refractivity contribution in [2.45, 2.75) is 51.3 Å². The summed E-state index contributed by atoms with van der Waals surface area (Å²) in [5.74, 6) is 0.493. The van der Waals surface area contributed by atoms with Gasteiger partial charge in [-0.3, -0.25) is 4.79 Å². The third kappa shape index (κ3) is 5.66. The van der Waals surface area contributed by atoms with Crippen LogP contribution in [0, 0.1) is 20.8 Å². The highest BCUT2D eigenvalue weighted by molar-refractivity contribution is 7.89. The Bertz CT molecular complexity index is 1030. The third-order valence-corrected chi connectivity index (χ3v) is 7.87. The fraction of sp³-hybridized carbons (Fsp3) is 0.458. The molecular weight excluding hydrogens is 412 g/mol. The molecule has 1 N–H and O–H groups in total. The minimum absolute atomic E-state index is 0.216. The van der Waals surface area contributed by atoms with E-state index in [1.54, 1.807) is 23.4 Å². The largest absolute Gasteiger partial charge is 0.491 e. The van der Waals surface area contributed by atoms with E-state index in [9.17, 15) is 13.2 Å². The summed E-state index contributed by atoms with van der Waals surface area (Å²) in [5.41, 5.74) is 3.22. The molecule has 6 nitrogen and oxygen atoms in total.